The van der Waals surface area contributed by atoms with Crippen molar-refractivity contribution in [3.8, 4) is 0 Å². The number of aromatic nitrogens is 1. The number of rotatable bonds is 4. The Hall–Kier alpha value is -1.56. The Balaban J connectivity index is 2.88. The van der Waals surface area contributed by atoms with Gasteiger partial charge < -0.3 is 15.4 Å². The van der Waals surface area contributed by atoms with E-state index >= 15 is 0 Å². The van der Waals surface area contributed by atoms with E-state index in [0.29, 0.717) is 0 Å². The monoisotopic (exact) mass is 186 g/mol. The number of carboxylic acids is 1. The lowest BCUT2D eigenvalue weighted by molar-refractivity contribution is -0.139. The standard InChI is InChI=1S/C7H10N2O4/c8-2-1-4(7(11)12)5-3-6(10)13-9-5/h3-4,9H,1-2,8H2,(H,11,12). The minimum atomic E-state index is -1.03. The van der Waals surface area contributed by atoms with Gasteiger partial charge in [0.2, 0.25) is 0 Å². The highest BCUT2D eigenvalue weighted by Gasteiger charge is 2.21. The van der Waals surface area contributed by atoms with Crippen LogP contribution in [0.4, 0.5) is 0 Å². The fourth-order valence-electron chi connectivity index (χ4n) is 1.05. The van der Waals surface area contributed by atoms with Crippen LogP contribution in [0.2, 0.25) is 0 Å². The van der Waals surface area contributed by atoms with Gasteiger partial charge in [0.1, 0.15) is 5.92 Å². The number of hydrogen-bond acceptors (Lipinski definition) is 4. The highest BCUT2D eigenvalue weighted by atomic mass is 16.5. The lowest BCUT2D eigenvalue weighted by Gasteiger charge is -2.06. The molecule has 0 saturated heterocycles. The maximum Gasteiger partial charge on any atom is 0.357 e. The maximum atomic E-state index is 10.7. The van der Waals surface area contributed by atoms with Crippen molar-refractivity contribution in [2.75, 3.05) is 6.54 Å². The van der Waals surface area contributed by atoms with Crippen LogP contribution in [0.3, 0.4) is 0 Å². The first kappa shape index (κ1) is 9.53. The predicted molar refractivity (Wildman–Crippen MR) is 43.4 cm³/mol. The van der Waals surface area contributed by atoms with E-state index in [9.17, 15) is 9.59 Å². The van der Waals surface area contributed by atoms with Gasteiger partial charge in [-0.1, -0.05) is 0 Å². The van der Waals surface area contributed by atoms with Crippen molar-refractivity contribution in [1.82, 2.24) is 5.16 Å². The number of carbonyl (C=O) groups is 1. The molecule has 6 nitrogen and oxygen atoms in total. The minimum Gasteiger partial charge on any atom is -0.481 e. The molecule has 0 aliphatic carbocycles. The first-order valence-electron chi connectivity index (χ1n) is 3.76. The van der Waals surface area contributed by atoms with Gasteiger partial charge in [0.15, 0.2) is 0 Å². The van der Waals surface area contributed by atoms with E-state index in [-0.39, 0.29) is 18.7 Å². The van der Waals surface area contributed by atoms with Gasteiger partial charge >= 0.3 is 11.6 Å². The van der Waals surface area contributed by atoms with Crippen LogP contribution in [0, 0.1) is 0 Å². The number of aliphatic carboxylic acids is 1. The first-order valence-corrected chi connectivity index (χ1v) is 3.76. The van der Waals surface area contributed by atoms with Crippen LogP contribution < -0.4 is 11.4 Å². The van der Waals surface area contributed by atoms with E-state index in [1.165, 1.54) is 0 Å². The van der Waals surface area contributed by atoms with E-state index in [1.54, 1.807) is 0 Å². The molecule has 0 saturated carbocycles. The normalized spacial score (nSPS) is 12.7. The molecule has 13 heavy (non-hydrogen) atoms. The van der Waals surface area contributed by atoms with Crippen molar-refractivity contribution in [3.05, 3.63) is 22.2 Å². The third kappa shape index (κ3) is 2.19. The lowest BCUT2D eigenvalue weighted by Crippen LogP contribution is -2.16. The summed E-state index contributed by atoms with van der Waals surface area (Å²) in [4.78, 5) is 21.3. The van der Waals surface area contributed by atoms with Gasteiger partial charge in [0, 0.05) is 6.07 Å². The van der Waals surface area contributed by atoms with E-state index in [1.807, 2.05) is 0 Å². The molecule has 6 heteroatoms. The fourth-order valence-corrected chi connectivity index (χ4v) is 1.05. The highest BCUT2D eigenvalue weighted by molar-refractivity contribution is 5.75. The van der Waals surface area contributed by atoms with E-state index in [2.05, 4.69) is 9.68 Å². The molecule has 0 bridgehead atoms. The van der Waals surface area contributed by atoms with Crippen LogP contribution in [0.5, 0.6) is 0 Å². The molecule has 1 rings (SSSR count). The number of carboxylic acid groups (broad SMARTS) is 1. The number of nitrogens with two attached hydrogens (primary N) is 1. The summed E-state index contributed by atoms with van der Waals surface area (Å²) in [6, 6.07) is 1.12. The summed E-state index contributed by atoms with van der Waals surface area (Å²) in [6.45, 7) is 0.240. The summed E-state index contributed by atoms with van der Waals surface area (Å²) < 4.78 is 4.36. The van der Waals surface area contributed by atoms with Crippen LogP contribution >= 0.6 is 0 Å². The molecule has 0 radical (unpaired) electrons. The zero-order chi connectivity index (χ0) is 9.84. The summed E-state index contributed by atoms with van der Waals surface area (Å²) in [7, 11) is 0. The predicted octanol–water partition coefficient (Wildman–Crippen LogP) is -0.515. The van der Waals surface area contributed by atoms with Crippen LogP contribution in [0.15, 0.2) is 15.4 Å². The van der Waals surface area contributed by atoms with Crippen LogP contribution in [-0.4, -0.2) is 22.8 Å². The molecule has 0 amide bonds. The molecule has 1 heterocycles. The summed E-state index contributed by atoms with van der Waals surface area (Å²) in [5.74, 6) is -1.82. The zero-order valence-corrected chi connectivity index (χ0v) is 6.82. The number of hydrogen-bond donors (Lipinski definition) is 3. The second-order valence-electron chi connectivity index (χ2n) is 2.59. The Labute approximate surface area is 73.3 Å². The maximum absolute atomic E-state index is 10.7. The topological polar surface area (TPSA) is 109 Å². The van der Waals surface area contributed by atoms with Crippen molar-refractivity contribution in [2.24, 2.45) is 5.73 Å². The number of aromatic amines is 1. The number of H-pyrrole nitrogens is 1. The van der Waals surface area contributed by atoms with Crippen molar-refractivity contribution >= 4 is 5.97 Å². The Bertz CT molecular complexity index is 340. The average molecular weight is 186 g/mol. The third-order valence-electron chi connectivity index (χ3n) is 1.67. The molecule has 0 aliphatic heterocycles. The van der Waals surface area contributed by atoms with Crippen molar-refractivity contribution in [3.63, 3.8) is 0 Å². The number of nitrogens with one attached hydrogen (secondary N) is 1. The first-order chi connectivity index (χ1) is 6.15. The van der Waals surface area contributed by atoms with Crippen LogP contribution in [-0.2, 0) is 4.79 Å². The second kappa shape index (κ2) is 3.90. The molecule has 0 spiro atoms. The molecule has 1 aromatic rings. The van der Waals surface area contributed by atoms with E-state index < -0.39 is 17.5 Å². The van der Waals surface area contributed by atoms with Crippen molar-refractivity contribution in [2.45, 2.75) is 12.3 Å². The van der Waals surface area contributed by atoms with Gasteiger partial charge in [0.25, 0.3) is 0 Å². The molecule has 0 aliphatic rings. The van der Waals surface area contributed by atoms with Crippen LogP contribution in [0.25, 0.3) is 0 Å². The van der Waals surface area contributed by atoms with Gasteiger partial charge in [-0.2, -0.15) is 0 Å². The Morgan fingerprint density at radius 1 is 1.77 bits per heavy atom. The van der Waals surface area contributed by atoms with Crippen molar-refractivity contribution in [1.29, 1.82) is 0 Å². The lowest BCUT2D eigenvalue weighted by atomic mass is 10.0. The third-order valence-corrected chi connectivity index (χ3v) is 1.67. The Morgan fingerprint density at radius 3 is 2.85 bits per heavy atom. The van der Waals surface area contributed by atoms with Crippen LogP contribution in [0.1, 0.15) is 18.0 Å². The molecular weight excluding hydrogens is 176 g/mol. The summed E-state index contributed by atoms with van der Waals surface area (Å²) >= 11 is 0. The molecule has 4 N–H and O–H groups in total. The van der Waals surface area contributed by atoms with E-state index in [0.717, 1.165) is 6.07 Å². The Morgan fingerprint density at radius 2 is 2.46 bits per heavy atom. The minimum absolute atomic E-state index is 0.240. The molecule has 0 fully saturated rings. The zero-order valence-electron chi connectivity index (χ0n) is 6.82. The van der Waals surface area contributed by atoms with E-state index in [4.69, 9.17) is 10.8 Å². The summed E-state index contributed by atoms with van der Waals surface area (Å²) in [5, 5.41) is 11.0. The SMILES string of the molecule is NCCC(C(=O)O)c1cc(=O)o[nH]1. The Kier molecular flexibility index (Phi) is 2.86. The molecular formula is C7H10N2O4. The van der Waals surface area contributed by atoms with Gasteiger partial charge in [-0.25, -0.2) is 9.95 Å². The smallest absolute Gasteiger partial charge is 0.357 e. The summed E-state index contributed by atoms with van der Waals surface area (Å²) in [5.41, 5.74) is 4.89. The largest absolute Gasteiger partial charge is 0.481 e. The fraction of sp³-hybridized carbons (Fsp3) is 0.429. The summed E-state index contributed by atoms with van der Waals surface area (Å²) in [6.07, 6.45) is 0.269. The molecule has 1 aromatic heterocycles. The molecule has 1 unspecified atom stereocenters. The van der Waals surface area contributed by atoms with Gasteiger partial charge in [-0.3, -0.25) is 4.79 Å². The molecule has 72 valence electrons. The van der Waals surface area contributed by atoms with Gasteiger partial charge in [-0.15, -0.1) is 0 Å². The van der Waals surface area contributed by atoms with Gasteiger partial charge in [-0.05, 0) is 13.0 Å². The average Bonchev–Trinajstić information content (AvgIpc) is 2.46. The van der Waals surface area contributed by atoms with Gasteiger partial charge in [0.05, 0.1) is 5.69 Å². The highest BCUT2D eigenvalue weighted by Crippen LogP contribution is 2.15. The second-order valence-corrected chi connectivity index (χ2v) is 2.59. The van der Waals surface area contributed by atoms with Crippen molar-refractivity contribution < 1.29 is 14.4 Å². The molecule has 0 aromatic carbocycles. The quantitative estimate of drug-likeness (QED) is 0.586. The molecule has 1 atom stereocenters.